The summed E-state index contributed by atoms with van der Waals surface area (Å²) in [6.07, 6.45) is -3.14. The summed E-state index contributed by atoms with van der Waals surface area (Å²) in [6.45, 7) is 0. The van der Waals surface area contributed by atoms with Gasteiger partial charge in [0.2, 0.25) is 0 Å². The minimum atomic E-state index is -4.41. The van der Waals surface area contributed by atoms with E-state index in [0.717, 1.165) is 22.9 Å². The molecule has 122 valence electrons. The van der Waals surface area contributed by atoms with Gasteiger partial charge < -0.3 is 0 Å². The maximum absolute atomic E-state index is 13.1. The number of halogens is 3. The van der Waals surface area contributed by atoms with Crippen LogP contribution in [0.1, 0.15) is 26.5 Å². The third-order valence-corrected chi connectivity index (χ3v) is 4.38. The molecular weight excluding hydrogens is 335 g/mol. The van der Waals surface area contributed by atoms with E-state index in [9.17, 15) is 18.0 Å². The number of nitrogens with zero attached hydrogens (tertiary/aromatic N) is 1. The fourth-order valence-electron chi connectivity index (χ4n) is 2.36. The van der Waals surface area contributed by atoms with Crippen LogP contribution in [0.2, 0.25) is 0 Å². The van der Waals surface area contributed by atoms with E-state index in [1.54, 1.807) is 23.6 Å². The Hall–Kier alpha value is -2.47. The molecule has 0 aliphatic heterocycles. The van der Waals surface area contributed by atoms with Gasteiger partial charge in [0.15, 0.2) is 0 Å². The third-order valence-electron chi connectivity index (χ3n) is 3.53. The number of carbonyl (C=O) groups excluding carboxylic acids is 1. The number of aldehydes is 1. The molecule has 0 radical (unpaired) electrons. The van der Waals surface area contributed by atoms with E-state index in [-0.39, 0.29) is 5.56 Å². The second-order valence-electron chi connectivity index (χ2n) is 5.21. The van der Waals surface area contributed by atoms with Crippen molar-refractivity contribution in [3.63, 3.8) is 0 Å². The van der Waals surface area contributed by atoms with Crippen molar-refractivity contribution in [2.45, 2.75) is 12.6 Å². The highest BCUT2D eigenvalue weighted by Gasteiger charge is 2.33. The van der Waals surface area contributed by atoms with E-state index >= 15 is 0 Å². The second-order valence-corrected chi connectivity index (χ2v) is 6.15. The Kier molecular flexibility index (Phi) is 4.49. The standard InChI is InChI=1S/C18H12F3NOS/c19-18(20,21)15-4-2-1-3-14(15)16-11-24-17(22-16)9-12-5-7-13(10-23)8-6-12/h1-8,10-11H,9H2. The topological polar surface area (TPSA) is 30.0 Å². The summed E-state index contributed by atoms with van der Waals surface area (Å²) < 4.78 is 39.3. The zero-order valence-corrected chi connectivity index (χ0v) is 13.2. The van der Waals surface area contributed by atoms with Crippen LogP contribution in [0.15, 0.2) is 53.9 Å². The van der Waals surface area contributed by atoms with Crippen molar-refractivity contribution >= 4 is 17.6 Å². The zero-order chi connectivity index (χ0) is 17.2. The smallest absolute Gasteiger partial charge is 0.298 e. The van der Waals surface area contributed by atoms with Crippen molar-refractivity contribution in [2.24, 2.45) is 0 Å². The highest BCUT2D eigenvalue weighted by Crippen LogP contribution is 2.37. The quantitative estimate of drug-likeness (QED) is 0.605. The molecule has 0 saturated carbocycles. The lowest BCUT2D eigenvalue weighted by atomic mass is 10.1. The van der Waals surface area contributed by atoms with E-state index < -0.39 is 11.7 Å². The third kappa shape index (κ3) is 3.54. The maximum Gasteiger partial charge on any atom is 0.417 e. The van der Waals surface area contributed by atoms with Gasteiger partial charge in [0.05, 0.1) is 16.3 Å². The Balaban J connectivity index is 1.87. The van der Waals surface area contributed by atoms with Gasteiger partial charge in [0.25, 0.3) is 0 Å². The molecule has 2 nitrogen and oxygen atoms in total. The molecule has 0 spiro atoms. The van der Waals surface area contributed by atoms with Crippen molar-refractivity contribution in [3.05, 3.63) is 75.6 Å². The number of benzene rings is 2. The molecule has 0 aliphatic carbocycles. The van der Waals surface area contributed by atoms with Gasteiger partial charge in [-0.1, -0.05) is 42.5 Å². The molecule has 0 atom stereocenters. The van der Waals surface area contributed by atoms with Gasteiger partial charge in [0.1, 0.15) is 6.29 Å². The van der Waals surface area contributed by atoms with Crippen LogP contribution >= 0.6 is 11.3 Å². The van der Waals surface area contributed by atoms with E-state index in [1.165, 1.54) is 23.5 Å². The van der Waals surface area contributed by atoms with Gasteiger partial charge in [0, 0.05) is 22.9 Å². The highest BCUT2D eigenvalue weighted by molar-refractivity contribution is 7.10. The first-order valence-corrected chi connectivity index (χ1v) is 8.00. The average Bonchev–Trinajstić information content (AvgIpc) is 3.03. The van der Waals surface area contributed by atoms with Crippen LogP contribution in [-0.4, -0.2) is 11.3 Å². The molecule has 0 unspecified atom stereocenters. The molecule has 2 aromatic carbocycles. The van der Waals surface area contributed by atoms with Gasteiger partial charge in [-0.2, -0.15) is 13.2 Å². The number of rotatable bonds is 4. The zero-order valence-electron chi connectivity index (χ0n) is 12.4. The van der Waals surface area contributed by atoms with Crippen LogP contribution < -0.4 is 0 Å². The Labute approximate surface area is 140 Å². The van der Waals surface area contributed by atoms with Crippen molar-refractivity contribution in [2.75, 3.05) is 0 Å². The molecule has 6 heteroatoms. The molecule has 0 aliphatic rings. The summed E-state index contributed by atoms with van der Waals surface area (Å²) in [5, 5.41) is 2.36. The van der Waals surface area contributed by atoms with Gasteiger partial charge in [-0.25, -0.2) is 4.98 Å². The Morgan fingerprint density at radius 1 is 1.04 bits per heavy atom. The Morgan fingerprint density at radius 2 is 1.75 bits per heavy atom. The van der Waals surface area contributed by atoms with Crippen LogP contribution in [0.4, 0.5) is 13.2 Å². The normalized spacial score (nSPS) is 11.5. The lowest BCUT2D eigenvalue weighted by Crippen LogP contribution is -2.06. The molecule has 3 aromatic rings. The molecular formula is C18H12F3NOS. The fourth-order valence-corrected chi connectivity index (χ4v) is 3.19. The number of hydrogen-bond acceptors (Lipinski definition) is 3. The fraction of sp³-hybridized carbons (Fsp3) is 0.111. The van der Waals surface area contributed by atoms with Gasteiger partial charge in [-0.15, -0.1) is 11.3 Å². The number of hydrogen-bond donors (Lipinski definition) is 0. The van der Waals surface area contributed by atoms with E-state index in [0.29, 0.717) is 17.7 Å². The van der Waals surface area contributed by atoms with Crippen molar-refractivity contribution in [1.82, 2.24) is 4.98 Å². The van der Waals surface area contributed by atoms with Gasteiger partial charge >= 0.3 is 6.18 Å². The molecule has 1 aromatic heterocycles. The van der Waals surface area contributed by atoms with Crippen molar-refractivity contribution < 1.29 is 18.0 Å². The highest BCUT2D eigenvalue weighted by atomic mass is 32.1. The lowest BCUT2D eigenvalue weighted by Gasteiger charge is -2.10. The summed E-state index contributed by atoms with van der Waals surface area (Å²) in [5.74, 6) is 0. The average molecular weight is 347 g/mol. The van der Waals surface area contributed by atoms with E-state index in [1.807, 2.05) is 12.1 Å². The Morgan fingerprint density at radius 3 is 2.42 bits per heavy atom. The van der Waals surface area contributed by atoms with E-state index in [2.05, 4.69) is 4.98 Å². The van der Waals surface area contributed by atoms with Crippen LogP contribution in [0.3, 0.4) is 0 Å². The second kappa shape index (κ2) is 6.57. The first-order chi connectivity index (χ1) is 11.5. The summed E-state index contributed by atoms with van der Waals surface area (Å²) in [5.41, 5.74) is 1.26. The summed E-state index contributed by atoms with van der Waals surface area (Å²) in [4.78, 5) is 15.0. The summed E-state index contributed by atoms with van der Waals surface area (Å²) in [6, 6.07) is 12.5. The molecule has 0 amide bonds. The minimum absolute atomic E-state index is 0.0869. The van der Waals surface area contributed by atoms with Crippen molar-refractivity contribution in [3.8, 4) is 11.3 Å². The SMILES string of the molecule is O=Cc1ccc(Cc2nc(-c3ccccc3C(F)(F)F)cs2)cc1. The van der Waals surface area contributed by atoms with Crippen LogP contribution in [-0.2, 0) is 12.6 Å². The van der Waals surface area contributed by atoms with E-state index in [4.69, 9.17) is 0 Å². The maximum atomic E-state index is 13.1. The van der Waals surface area contributed by atoms with Crippen LogP contribution in [0.5, 0.6) is 0 Å². The molecule has 1 heterocycles. The van der Waals surface area contributed by atoms with Crippen molar-refractivity contribution in [1.29, 1.82) is 0 Å². The molecule has 0 fully saturated rings. The van der Waals surface area contributed by atoms with Crippen LogP contribution in [0, 0.1) is 0 Å². The first kappa shape index (κ1) is 16.4. The molecule has 24 heavy (non-hydrogen) atoms. The summed E-state index contributed by atoms with van der Waals surface area (Å²) >= 11 is 1.32. The molecule has 0 saturated heterocycles. The largest absolute Gasteiger partial charge is 0.417 e. The van der Waals surface area contributed by atoms with Gasteiger partial charge in [-0.05, 0) is 11.6 Å². The Bertz CT molecular complexity index is 853. The lowest BCUT2D eigenvalue weighted by molar-refractivity contribution is -0.137. The number of carbonyl (C=O) groups is 1. The van der Waals surface area contributed by atoms with Crippen LogP contribution in [0.25, 0.3) is 11.3 Å². The molecule has 3 rings (SSSR count). The number of aromatic nitrogens is 1. The predicted molar refractivity (Wildman–Crippen MR) is 87.2 cm³/mol. The molecule has 0 N–H and O–H groups in total. The summed E-state index contributed by atoms with van der Waals surface area (Å²) in [7, 11) is 0. The molecule has 0 bridgehead atoms. The number of thiazole rings is 1. The number of alkyl halides is 3. The monoisotopic (exact) mass is 347 g/mol. The van der Waals surface area contributed by atoms with Gasteiger partial charge in [-0.3, -0.25) is 4.79 Å². The first-order valence-electron chi connectivity index (χ1n) is 7.12. The predicted octanol–water partition coefficient (Wildman–Crippen LogP) is 5.23. The minimum Gasteiger partial charge on any atom is -0.298 e.